The molecule has 0 saturated carbocycles. The Hall–Kier alpha value is -0.990. The van der Waals surface area contributed by atoms with Crippen LogP contribution in [0.2, 0.25) is 0 Å². The summed E-state index contributed by atoms with van der Waals surface area (Å²) in [4.78, 5) is 11.0. The van der Waals surface area contributed by atoms with E-state index in [1.165, 1.54) is 13.8 Å². The maximum Gasteiger partial charge on any atom is 0.409 e. The van der Waals surface area contributed by atoms with E-state index >= 15 is 0 Å². The van der Waals surface area contributed by atoms with Crippen LogP contribution in [0.1, 0.15) is 20.3 Å². The zero-order chi connectivity index (χ0) is 14.7. The fourth-order valence-electron chi connectivity index (χ4n) is 1.43. The molecule has 9 heteroatoms. The molecule has 0 aromatic rings. The van der Waals surface area contributed by atoms with Crippen molar-refractivity contribution < 1.29 is 31.1 Å². The first-order valence-corrected chi connectivity index (χ1v) is 5.05. The van der Waals surface area contributed by atoms with Gasteiger partial charge in [0.2, 0.25) is 11.8 Å². The monoisotopic (exact) mass is 280 g/mol. The van der Waals surface area contributed by atoms with Crippen molar-refractivity contribution in [1.82, 2.24) is 5.32 Å². The molecule has 0 radical (unpaired) electrons. The van der Waals surface area contributed by atoms with Crippen LogP contribution in [0.4, 0.5) is 26.3 Å². The van der Waals surface area contributed by atoms with Gasteiger partial charge < -0.3 is 11.1 Å². The minimum atomic E-state index is -5.67. The van der Waals surface area contributed by atoms with E-state index in [-0.39, 0.29) is 6.42 Å². The predicted molar refractivity (Wildman–Crippen MR) is 51.5 cm³/mol. The van der Waals surface area contributed by atoms with Gasteiger partial charge in [-0.3, -0.25) is 4.79 Å². The van der Waals surface area contributed by atoms with Crippen LogP contribution in [-0.4, -0.2) is 30.3 Å². The molecule has 0 saturated heterocycles. The molecule has 2 unspecified atom stereocenters. The van der Waals surface area contributed by atoms with E-state index < -0.39 is 36.3 Å². The van der Waals surface area contributed by atoms with E-state index in [2.05, 4.69) is 0 Å². The highest BCUT2D eigenvalue weighted by Gasteiger charge is 2.61. The topological polar surface area (TPSA) is 55.1 Å². The Morgan fingerprint density at radius 1 is 1.11 bits per heavy atom. The Kier molecular flexibility index (Phi) is 5.45. The van der Waals surface area contributed by atoms with E-state index in [4.69, 9.17) is 5.73 Å². The lowest BCUT2D eigenvalue weighted by Crippen LogP contribution is -2.50. The van der Waals surface area contributed by atoms with Gasteiger partial charge in [0.1, 0.15) is 0 Å². The van der Waals surface area contributed by atoms with Crippen molar-refractivity contribution in [3.63, 3.8) is 0 Å². The molecule has 108 valence electrons. The number of hydrogen-bond donors (Lipinski definition) is 2. The number of alkyl halides is 6. The summed E-state index contributed by atoms with van der Waals surface area (Å²) >= 11 is 0. The third-order valence-corrected chi connectivity index (χ3v) is 2.03. The molecule has 0 bridgehead atoms. The van der Waals surface area contributed by atoms with Gasteiger partial charge in [0, 0.05) is 12.1 Å². The molecular formula is C9H14F6N2O. The van der Waals surface area contributed by atoms with Gasteiger partial charge in [-0.1, -0.05) is 0 Å². The van der Waals surface area contributed by atoms with Crippen LogP contribution < -0.4 is 11.1 Å². The normalized spacial score (nSPS) is 16.6. The molecule has 3 N–H and O–H groups in total. The Morgan fingerprint density at radius 2 is 1.50 bits per heavy atom. The lowest BCUT2D eigenvalue weighted by Gasteiger charge is -2.24. The second-order valence-electron chi connectivity index (χ2n) is 4.14. The van der Waals surface area contributed by atoms with Crippen molar-refractivity contribution in [2.75, 3.05) is 0 Å². The van der Waals surface area contributed by atoms with Crippen LogP contribution in [0, 0.1) is 5.92 Å². The van der Waals surface area contributed by atoms with Gasteiger partial charge in [-0.15, -0.1) is 0 Å². The lowest BCUT2D eigenvalue weighted by molar-refractivity contribution is -0.274. The van der Waals surface area contributed by atoms with Gasteiger partial charge in [0.15, 0.2) is 0 Å². The molecule has 18 heavy (non-hydrogen) atoms. The number of hydrogen-bond acceptors (Lipinski definition) is 2. The fourth-order valence-corrected chi connectivity index (χ4v) is 1.43. The molecule has 3 nitrogen and oxygen atoms in total. The first kappa shape index (κ1) is 17.0. The smallest absolute Gasteiger partial charge is 0.353 e. The average molecular weight is 280 g/mol. The highest BCUT2D eigenvalue weighted by Crippen LogP contribution is 2.39. The zero-order valence-electron chi connectivity index (χ0n) is 9.69. The van der Waals surface area contributed by atoms with Gasteiger partial charge >= 0.3 is 12.4 Å². The predicted octanol–water partition coefficient (Wildman–Crippen LogP) is 1.97. The van der Waals surface area contributed by atoms with E-state index in [1.807, 2.05) is 0 Å². The Morgan fingerprint density at radius 3 is 1.78 bits per heavy atom. The highest BCUT2D eigenvalue weighted by atomic mass is 19.4. The number of nitrogens with two attached hydrogens (primary N) is 1. The second-order valence-corrected chi connectivity index (χ2v) is 4.14. The summed E-state index contributed by atoms with van der Waals surface area (Å²) in [7, 11) is 0. The summed E-state index contributed by atoms with van der Waals surface area (Å²) in [6.07, 6.45) is -11.3. The third-order valence-electron chi connectivity index (χ3n) is 2.03. The SMILES string of the molecule is CC(N)CC(C)NC(=O)C(C(F)(F)F)C(F)(F)F. The minimum Gasteiger partial charge on any atom is -0.353 e. The van der Waals surface area contributed by atoms with Gasteiger partial charge in [-0.2, -0.15) is 26.3 Å². The summed E-state index contributed by atoms with van der Waals surface area (Å²) in [6, 6.07) is -1.32. The van der Waals surface area contributed by atoms with Crippen molar-refractivity contribution in [2.45, 2.75) is 44.7 Å². The van der Waals surface area contributed by atoms with E-state index in [9.17, 15) is 31.1 Å². The second kappa shape index (κ2) is 5.77. The molecule has 0 aliphatic heterocycles. The van der Waals surface area contributed by atoms with Crippen LogP contribution in [-0.2, 0) is 4.79 Å². The van der Waals surface area contributed by atoms with Crippen molar-refractivity contribution in [3.05, 3.63) is 0 Å². The summed E-state index contributed by atoms with van der Waals surface area (Å²) in [6.45, 7) is 2.80. The molecule has 0 spiro atoms. The van der Waals surface area contributed by atoms with Crippen LogP contribution in [0.25, 0.3) is 0 Å². The standard InChI is InChI=1S/C9H14F6N2O/c1-4(16)3-5(2)17-7(18)6(8(10,11)12)9(13,14)15/h4-6H,3,16H2,1-2H3,(H,17,18). The highest BCUT2D eigenvalue weighted by molar-refractivity contribution is 5.80. The number of nitrogens with one attached hydrogen (secondary N) is 1. The van der Waals surface area contributed by atoms with Crippen molar-refractivity contribution in [1.29, 1.82) is 0 Å². The van der Waals surface area contributed by atoms with Crippen LogP contribution in [0.5, 0.6) is 0 Å². The number of carbonyl (C=O) groups excluding carboxylic acids is 1. The van der Waals surface area contributed by atoms with E-state index in [1.54, 1.807) is 5.32 Å². The molecule has 0 aliphatic rings. The molecule has 1 amide bonds. The Bertz CT molecular complexity index is 272. The van der Waals surface area contributed by atoms with Crippen molar-refractivity contribution in [2.24, 2.45) is 11.7 Å². The van der Waals surface area contributed by atoms with Gasteiger partial charge in [0.25, 0.3) is 0 Å². The third kappa shape index (κ3) is 5.56. The lowest BCUT2D eigenvalue weighted by atomic mass is 10.1. The molecule has 0 rings (SSSR count). The van der Waals surface area contributed by atoms with Gasteiger partial charge in [-0.05, 0) is 20.3 Å². The first-order valence-electron chi connectivity index (χ1n) is 5.05. The van der Waals surface area contributed by atoms with Crippen LogP contribution in [0.15, 0.2) is 0 Å². The number of amides is 1. The zero-order valence-corrected chi connectivity index (χ0v) is 9.69. The molecular weight excluding hydrogens is 266 g/mol. The van der Waals surface area contributed by atoms with E-state index in [0.29, 0.717) is 0 Å². The number of halogens is 6. The maximum absolute atomic E-state index is 12.2. The van der Waals surface area contributed by atoms with E-state index in [0.717, 1.165) is 0 Å². The first-order chi connectivity index (χ1) is 7.85. The molecule has 0 aromatic carbocycles. The Balaban J connectivity index is 4.80. The van der Waals surface area contributed by atoms with Gasteiger partial charge in [0.05, 0.1) is 0 Å². The minimum absolute atomic E-state index is 0.0776. The number of carbonyl (C=O) groups is 1. The molecule has 0 heterocycles. The summed E-state index contributed by atoms with van der Waals surface area (Å²) in [5.41, 5.74) is 5.32. The van der Waals surface area contributed by atoms with Crippen molar-refractivity contribution >= 4 is 5.91 Å². The largest absolute Gasteiger partial charge is 0.409 e. The quantitative estimate of drug-likeness (QED) is 0.774. The van der Waals surface area contributed by atoms with Gasteiger partial charge in [-0.25, -0.2) is 0 Å². The summed E-state index contributed by atoms with van der Waals surface area (Å²) in [5.74, 6) is -6.12. The number of rotatable bonds is 4. The summed E-state index contributed by atoms with van der Waals surface area (Å²) in [5, 5.41) is 1.67. The Labute approximate surface area is 99.7 Å². The molecule has 0 fully saturated rings. The van der Waals surface area contributed by atoms with Crippen LogP contribution in [0.3, 0.4) is 0 Å². The average Bonchev–Trinajstić information content (AvgIpc) is 1.93. The maximum atomic E-state index is 12.2. The molecule has 2 atom stereocenters. The van der Waals surface area contributed by atoms with Crippen LogP contribution >= 0.6 is 0 Å². The molecule has 0 aliphatic carbocycles. The van der Waals surface area contributed by atoms with Crippen molar-refractivity contribution in [3.8, 4) is 0 Å². The molecule has 0 aromatic heterocycles. The summed E-state index contributed by atoms with van der Waals surface area (Å²) < 4.78 is 73.0. The fraction of sp³-hybridized carbons (Fsp3) is 0.889.